The van der Waals surface area contributed by atoms with Crippen LogP contribution in [0.25, 0.3) is 4.85 Å². The monoisotopic (exact) mass is 215 g/mol. The molecule has 0 saturated heterocycles. The van der Waals surface area contributed by atoms with E-state index in [4.69, 9.17) is 6.57 Å². The highest BCUT2D eigenvalue weighted by Crippen LogP contribution is 2.41. The molecule has 0 aromatic heterocycles. The zero-order valence-electron chi connectivity index (χ0n) is 9.19. The van der Waals surface area contributed by atoms with Gasteiger partial charge in [0.15, 0.2) is 5.69 Å². The molecule has 0 radical (unpaired) electrons. The van der Waals surface area contributed by atoms with Gasteiger partial charge in [-0.15, -0.1) is 0 Å². The molecule has 2 rings (SSSR count). The molecule has 0 unspecified atom stereocenters. The first-order valence-electron chi connectivity index (χ1n) is 5.36. The van der Waals surface area contributed by atoms with Crippen molar-refractivity contribution in [3.63, 3.8) is 0 Å². The van der Waals surface area contributed by atoms with E-state index in [1.54, 1.807) is 12.1 Å². The number of nitrogens with zero attached hydrogens (tertiary/aromatic N) is 1. The summed E-state index contributed by atoms with van der Waals surface area (Å²) in [5.74, 6) is 0.126. The number of methoxy groups -OCH3 is 1. The van der Waals surface area contributed by atoms with E-state index in [1.807, 2.05) is 6.07 Å². The Morgan fingerprint density at radius 3 is 2.75 bits per heavy atom. The van der Waals surface area contributed by atoms with E-state index in [0.29, 0.717) is 17.2 Å². The van der Waals surface area contributed by atoms with Crippen LogP contribution in [0.4, 0.5) is 5.69 Å². The van der Waals surface area contributed by atoms with Gasteiger partial charge in [0.1, 0.15) is 0 Å². The maximum absolute atomic E-state index is 11.3. The summed E-state index contributed by atoms with van der Waals surface area (Å²) in [6, 6.07) is 5.27. The number of benzene rings is 1. The minimum Gasteiger partial charge on any atom is -0.465 e. The van der Waals surface area contributed by atoms with E-state index in [-0.39, 0.29) is 5.97 Å². The van der Waals surface area contributed by atoms with Gasteiger partial charge in [-0.3, -0.25) is 0 Å². The summed E-state index contributed by atoms with van der Waals surface area (Å²) < 4.78 is 4.63. The first-order valence-corrected chi connectivity index (χ1v) is 5.36. The molecule has 0 spiro atoms. The smallest absolute Gasteiger partial charge is 0.336 e. The third-order valence-electron chi connectivity index (χ3n) is 3.12. The van der Waals surface area contributed by atoms with E-state index < -0.39 is 0 Å². The molecule has 0 atom stereocenters. The summed E-state index contributed by atoms with van der Waals surface area (Å²) in [5, 5.41) is 0. The van der Waals surface area contributed by atoms with Crippen LogP contribution in [0.15, 0.2) is 18.2 Å². The van der Waals surface area contributed by atoms with Crippen LogP contribution in [0, 0.1) is 6.57 Å². The Kier molecular flexibility index (Phi) is 2.91. The van der Waals surface area contributed by atoms with Crippen LogP contribution in [0.2, 0.25) is 0 Å². The largest absolute Gasteiger partial charge is 0.465 e. The van der Waals surface area contributed by atoms with Crippen molar-refractivity contribution in [3.8, 4) is 0 Å². The number of ether oxygens (including phenoxy) is 1. The molecule has 3 nitrogen and oxygen atoms in total. The number of esters is 1. The number of hydrogen-bond donors (Lipinski definition) is 0. The Labute approximate surface area is 94.9 Å². The van der Waals surface area contributed by atoms with Gasteiger partial charge in [0.25, 0.3) is 0 Å². The summed E-state index contributed by atoms with van der Waals surface area (Å²) in [6.45, 7) is 7.14. The maximum Gasteiger partial charge on any atom is 0.336 e. The molecule has 1 aromatic rings. The second-order valence-electron chi connectivity index (χ2n) is 4.00. The molecule has 1 aliphatic carbocycles. The van der Waals surface area contributed by atoms with Crippen molar-refractivity contribution < 1.29 is 9.53 Å². The van der Waals surface area contributed by atoms with Crippen LogP contribution >= 0.6 is 0 Å². The first kappa shape index (κ1) is 10.7. The fourth-order valence-electron chi connectivity index (χ4n) is 1.95. The summed E-state index contributed by atoms with van der Waals surface area (Å²) >= 11 is 0. The lowest BCUT2D eigenvalue weighted by atomic mass is 9.79. The molecule has 1 fully saturated rings. The average molecular weight is 215 g/mol. The van der Waals surface area contributed by atoms with E-state index in [9.17, 15) is 4.79 Å². The number of rotatable bonds is 2. The molecule has 3 heteroatoms. The van der Waals surface area contributed by atoms with Crippen LogP contribution in [0.3, 0.4) is 0 Å². The minimum absolute atomic E-state index is 0.384. The highest BCUT2D eigenvalue weighted by atomic mass is 16.5. The molecule has 1 aliphatic rings. The van der Waals surface area contributed by atoms with Crippen LogP contribution in [0.1, 0.15) is 41.1 Å². The predicted octanol–water partition coefficient (Wildman–Crippen LogP) is 3.29. The highest BCUT2D eigenvalue weighted by molar-refractivity contribution is 5.90. The van der Waals surface area contributed by atoms with Gasteiger partial charge in [-0.2, -0.15) is 0 Å². The molecule has 0 bridgehead atoms. The Bertz CT molecular complexity index is 455. The van der Waals surface area contributed by atoms with Gasteiger partial charge in [-0.05, 0) is 36.5 Å². The number of hydrogen-bond acceptors (Lipinski definition) is 2. The lowest BCUT2D eigenvalue weighted by Gasteiger charge is -2.27. The molecule has 1 saturated carbocycles. The average Bonchev–Trinajstić information content (AvgIpc) is 2.26. The Balaban J connectivity index is 2.35. The third kappa shape index (κ3) is 1.79. The quantitative estimate of drug-likeness (QED) is 0.559. The minimum atomic E-state index is -0.384. The SMILES string of the molecule is [C-]#[N+]c1cc(C(=O)OC)ccc1C1CCC1. The van der Waals surface area contributed by atoms with Crippen LogP contribution < -0.4 is 0 Å². The van der Waals surface area contributed by atoms with Crippen molar-refractivity contribution in [3.05, 3.63) is 40.7 Å². The van der Waals surface area contributed by atoms with Crippen molar-refractivity contribution in [1.82, 2.24) is 0 Å². The van der Waals surface area contributed by atoms with E-state index in [0.717, 1.165) is 18.4 Å². The molecule has 1 aromatic carbocycles. The van der Waals surface area contributed by atoms with Gasteiger partial charge >= 0.3 is 5.97 Å². The van der Waals surface area contributed by atoms with E-state index in [2.05, 4.69) is 9.58 Å². The van der Waals surface area contributed by atoms with Gasteiger partial charge in [-0.1, -0.05) is 12.5 Å². The van der Waals surface area contributed by atoms with Crippen molar-refractivity contribution >= 4 is 11.7 Å². The zero-order valence-corrected chi connectivity index (χ0v) is 9.19. The predicted molar refractivity (Wildman–Crippen MR) is 60.6 cm³/mol. The summed E-state index contributed by atoms with van der Waals surface area (Å²) in [7, 11) is 1.35. The molecule has 82 valence electrons. The molecule has 0 N–H and O–H groups in total. The summed E-state index contributed by atoms with van der Waals surface area (Å²) in [6.07, 6.45) is 3.54. The second kappa shape index (κ2) is 4.36. The van der Waals surface area contributed by atoms with Crippen molar-refractivity contribution in [2.75, 3.05) is 7.11 Å². The third-order valence-corrected chi connectivity index (χ3v) is 3.12. The number of carbonyl (C=O) groups excluding carboxylic acids is 1. The van der Waals surface area contributed by atoms with Crippen molar-refractivity contribution in [2.45, 2.75) is 25.2 Å². The normalized spacial score (nSPS) is 15.0. The highest BCUT2D eigenvalue weighted by Gasteiger charge is 2.22. The lowest BCUT2D eigenvalue weighted by Crippen LogP contribution is -2.09. The van der Waals surface area contributed by atoms with Crippen molar-refractivity contribution in [2.24, 2.45) is 0 Å². The van der Waals surface area contributed by atoms with Crippen LogP contribution in [-0.2, 0) is 4.74 Å². The number of carbonyl (C=O) groups is 1. The van der Waals surface area contributed by atoms with Gasteiger partial charge < -0.3 is 4.74 Å². The summed E-state index contributed by atoms with van der Waals surface area (Å²) in [5.41, 5.74) is 2.12. The Hall–Kier alpha value is -1.82. The fourth-order valence-corrected chi connectivity index (χ4v) is 1.95. The Morgan fingerprint density at radius 2 is 2.25 bits per heavy atom. The van der Waals surface area contributed by atoms with Crippen molar-refractivity contribution in [1.29, 1.82) is 0 Å². The van der Waals surface area contributed by atoms with E-state index >= 15 is 0 Å². The lowest BCUT2D eigenvalue weighted by molar-refractivity contribution is 0.0601. The summed E-state index contributed by atoms with van der Waals surface area (Å²) in [4.78, 5) is 14.8. The molecule has 0 heterocycles. The Morgan fingerprint density at radius 1 is 1.50 bits per heavy atom. The molecular formula is C13H13NO2. The first-order chi connectivity index (χ1) is 7.76. The molecular weight excluding hydrogens is 202 g/mol. The van der Waals surface area contributed by atoms with Gasteiger partial charge in [0, 0.05) is 5.56 Å². The van der Waals surface area contributed by atoms with E-state index in [1.165, 1.54) is 13.5 Å². The maximum atomic E-state index is 11.3. The zero-order chi connectivity index (χ0) is 11.5. The molecule has 16 heavy (non-hydrogen) atoms. The van der Waals surface area contributed by atoms with Gasteiger partial charge in [0.2, 0.25) is 0 Å². The topological polar surface area (TPSA) is 30.7 Å². The van der Waals surface area contributed by atoms with Gasteiger partial charge in [-0.25, -0.2) is 9.64 Å². The standard InChI is InChI=1S/C13H13NO2/c1-14-12-8-10(13(15)16-2)6-7-11(12)9-4-3-5-9/h6-9H,3-5H2,2H3. The fraction of sp³-hybridized carbons (Fsp3) is 0.385. The molecule has 0 aliphatic heterocycles. The second-order valence-corrected chi connectivity index (χ2v) is 4.00. The van der Waals surface area contributed by atoms with Crippen LogP contribution in [-0.4, -0.2) is 13.1 Å². The van der Waals surface area contributed by atoms with Gasteiger partial charge in [0.05, 0.1) is 13.7 Å². The van der Waals surface area contributed by atoms with Crippen LogP contribution in [0.5, 0.6) is 0 Å². The molecule has 0 amide bonds.